The quantitative estimate of drug-likeness (QED) is 0.309. The maximum absolute atomic E-state index is 12.2. The van der Waals surface area contributed by atoms with Crippen molar-refractivity contribution in [3.05, 3.63) is 67.3 Å². The van der Waals surface area contributed by atoms with Crippen LogP contribution >= 0.6 is 0 Å². The van der Waals surface area contributed by atoms with Crippen LogP contribution in [0.3, 0.4) is 0 Å². The second kappa shape index (κ2) is 11.7. The average molecular weight is 541 g/mol. The molecule has 1 aliphatic heterocycles. The first kappa shape index (κ1) is 27.1. The largest absolute Gasteiger partial charge is 0.444 e. The minimum Gasteiger partial charge on any atom is -0.444 e. The molecule has 10 heteroatoms. The van der Waals surface area contributed by atoms with Crippen molar-refractivity contribution in [1.29, 1.82) is 0 Å². The molecule has 0 saturated carbocycles. The van der Waals surface area contributed by atoms with Gasteiger partial charge in [0.15, 0.2) is 0 Å². The molecule has 1 saturated heterocycles. The van der Waals surface area contributed by atoms with E-state index in [1.807, 2.05) is 68.2 Å². The summed E-state index contributed by atoms with van der Waals surface area (Å²) in [6.45, 7) is 10.1. The van der Waals surface area contributed by atoms with Crippen molar-refractivity contribution in [2.24, 2.45) is 0 Å². The minimum atomic E-state index is -0.510. The SMILES string of the molecule is CCn1cc(-c2ccnc(Nc3ccc(N4CCC[C@@H](NC(=O)OC(C)(C)C)C4)cc3)n2)c(-c2cccnc2)n1. The maximum Gasteiger partial charge on any atom is 0.407 e. The summed E-state index contributed by atoms with van der Waals surface area (Å²) < 4.78 is 7.33. The molecule has 0 radical (unpaired) electrons. The minimum absolute atomic E-state index is 0.0474. The molecule has 5 rings (SSSR count). The number of nitrogens with one attached hydrogen (secondary N) is 2. The van der Waals surface area contributed by atoms with Crippen molar-refractivity contribution in [3.63, 3.8) is 0 Å². The van der Waals surface area contributed by atoms with E-state index in [0.29, 0.717) is 5.95 Å². The number of rotatable bonds is 7. The predicted molar refractivity (Wildman–Crippen MR) is 156 cm³/mol. The van der Waals surface area contributed by atoms with Crippen LogP contribution in [0.4, 0.5) is 22.1 Å². The fraction of sp³-hybridized carbons (Fsp3) is 0.367. The highest BCUT2D eigenvalue weighted by Crippen LogP contribution is 2.30. The number of hydrogen-bond acceptors (Lipinski definition) is 8. The fourth-order valence-corrected chi connectivity index (χ4v) is 4.74. The van der Waals surface area contributed by atoms with Gasteiger partial charge in [0.25, 0.3) is 0 Å². The Bertz CT molecular complexity index is 1430. The van der Waals surface area contributed by atoms with Gasteiger partial charge in [-0.1, -0.05) is 0 Å². The lowest BCUT2D eigenvalue weighted by molar-refractivity contribution is 0.0500. The van der Waals surface area contributed by atoms with Gasteiger partial charge in [-0.25, -0.2) is 14.8 Å². The van der Waals surface area contributed by atoms with Gasteiger partial charge >= 0.3 is 6.09 Å². The summed E-state index contributed by atoms with van der Waals surface area (Å²) in [5, 5.41) is 11.1. The number of hydrogen-bond donors (Lipinski definition) is 2. The van der Waals surface area contributed by atoms with Gasteiger partial charge in [-0.15, -0.1) is 0 Å². The molecule has 3 aromatic heterocycles. The van der Waals surface area contributed by atoms with Gasteiger partial charge in [0.2, 0.25) is 5.95 Å². The number of carbonyl (C=O) groups is 1. The van der Waals surface area contributed by atoms with Gasteiger partial charge in [-0.3, -0.25) is 9.67 Å². The zero-order valence-corrected chi connectivity index (χ0v) is 23.5. The molecule has 2 N–H and O–H groups in total. The number of pyridine rings is 1. The van der Waals surface area contributed by atoms with Crippen LogP contribution < -0.4 is 15.5 Å². The van der Waals surface area contributed by atoms with Crippen LogP contribution in [0.1, 0.15) is 40.5 Å². The monoisotopic (exact) mass is 540 g/mol. The summed E-state index contributed by atoms with van der Waals surface area (Å²) in [4.78, 5) is 28.0. The van der Waals surface area contributed by atoms with Gasteiger partial charge in [0.1, 0.15) is 11.3 Å². The smallest absolute Gasteiger partial charge is 0.407 e. The highest BCUT2D eigenvalue weighted by molar-refractivity contribution is 5.78. The third-order valence-corrected chi connectivity index (χ3v) is 6.58. The van der Waals surface area contributed by atoms with Crippen LogP contribution in [0.25, 0.3) is 22.5 Å². The van der Waals surface area contributed by atoms with Crippen molar-refractivity contribution in [2.75, 3.05) is 23.3 Å². The molecule has 1 amide bonds. The van der Waals surface area contributed by atoms with Gasteiger partial charge in [0, 0.05) is 73.0 Å². The van der Waals surface area contributed by atoms with Crippen molar-refractivity contribution in [1.82, 2.24) is 30.0 Å². The number of nitrogens with zero attached hydrogens (tertiary/aromatic N) is 6. The molecule has 0 aliphatic carbocycles. The highest BCUT2D eigenvalue weighted by atomic mass is 16.6. The van der Waals surface area contributed by atoms with E-state index in [-0.39, 0.29) is 12.1 Å². The van der Waals surface area contributed by atoms with Crippen LogP contribution in [-0.4, -0.2) is 55.6 Å². The third-order valence-electron chi connectivity index (χ3n) is 6.58. The van der Waals surface area contributed by atoms with Crippen LogP contribution in [0.15, 0.2) is 67.3 Å². The van der Waals surface area contributed by atoms with Crippen LogP contribution in [0.5, 0.6) is 0 Å². The Morgan fingerprint density at radius 2 is 1.95 bits per heavy atom. The maximum atomic E-state index is 12.2. The number of anilines is 3. The normalized spacial score (nSPS) is 15.5. The summed E-state index contributed by atoms with van der Waals surface area (Å²) in [7, 11) is 0. The second-order valence-corrected chi connectivity index (χ2v) is 10.9. The van der Waals surface area contributed by atoms with Crippen molar-refractivity contribution >= 4 is 23.4 Å². The second-order valence-electron chi connectivity index (χ2n) is 10.9. The van der Waals surface area contributed by atoms with Gasteiger partial charge in [0.05, 0.1) is 5.69 Å². The van der Waals surface area contributed by atoms with E-state index in [4.69, 9.17) is 14.8 Å². The number of ether oxygens (including phenoxy) is 1. The molecule has 208 valence electrons. The van der Waals surface area contributed by atoms with E-state index >= 15 is 0 Å². The van der Waals surface area contributed by atoms with Gasteiger partial charge in [-0.05, 0) is 83.0 Å². The molecule has 1 aliphatic rings. The molecule has 1 aromatic carbocycles. The third kappa shape index (κ3) is 6.74. The van der Waals surface area contributed by atoms with Crippen LogP contribution in [-0.2, 0) is 11.3 Å². The molecule has 0 spiro atoms. The summed E-state index contributed by atoms with van der Waals surface area (Å²) in [5.41, 5.74) is 4.96. The molecule has 4 heterocycles. The Hall–Kier alpha value is -4.47. The first-order valence-corrected chi connectivity index (χ1v) is 13.7. The molecular formula is C30H36N8O2. The lowest BCUT2D eigenvalue weighted by Gasteiger charge is -2.35. The lowest BCUT2D eigenvalue weighted by atomic mass is 10.0. The Morgan fingerprint density at radius 3 is 2.67 bits per heavy atom. The van der Waals surface area contributed by atoms with E-state index in [1.54, 1.807) is 12.4 Å². The lowest BCUT2D eigenvalue weighted by Crippen LogP contribution is -2.49. The summed E-state index contributed by atoms with van der Waals surface area (Å²) in [6.07, 6.45) is 8.89. The van der Waals surface area contributed by atoms with Crippen LogP contribution in [0.2, 0.25) is 0 Å². The first-order valence-electron chi connectivity index (χ1n) is 13.7. The fourth-order valence-electron chi connectivity index (χ4n) is 4.74. The number of amides is 1. The number of alkyl carbamates (subject to hydrolysis) is 1. The van der Waals surface area contributed by atoms with E-state index in [9.17, 15) is 4.79 Å². The Labute approximate surface area is 234 Å². The molecule has 4 aromatic rings. The van der Waals surface area contributed by atoms with Gasteiger partial charge in [-0.2, -0.15) is 5.10 Å². The molecule has 40 heavy (non-hydrogen) atoms. The number of piperidine rings is 1. The Morgan fingerprint density at radius 1 is 1.12 bits per heavy atom. The molecule has 10 nitrogen and oxygen atoms in total. The predicted octanol–water partition coefficient (Wildman–Crippen LogP) is 5.66. The topological polar surface area (TPSA) is 110 Å². The molecule has 0 unspecified atom stereocenters. The highest BCUT2D eigenvalue weighted by Gasteiger charge is 2.24. The van der Waals surface area contributed by atoms with Crippen molar-refractivity contribution < 1.29 is 9.53 Å². The number of carbonyl (C=O) groups excluding carboxylic acids is 1. The standard InChI is InChI=1S/C30H36N8O2/c1-5-38-20-25(27(36-38)21-8-6-15-31-18-21)26-14-16-32-28(35-26)33-22-10-12-24(13-11-22)37-17-7-9-23(19-37)34-29(39)40-30(2,3)4/h6,8,10-16,18,20,23H,5,7,9,17,19H2,1-4H3,(H,34,39)(H,32,33,35)/t23-/m1/s1. The average Bonchev–Trinajstić information content (AvgIpc) is 3.38. The Balaban J connectivity index is 1.27. The Kier molecular flexibility index (Phi) is 7.95. The molecule has 0 bridgehead atoms. The first-order chi connectivity index (χ1) is 19.3. The zero-order chi connectivity index (χ0) is 28.1. The molecular weight excluding hydrogens is 504 g/mol. The van der Waals surface area contributed by atoms with Crippen LogP contribution in [0, 0.1) is 0 Å². The van der Waals surface area contributed by atoms with Crippen molar-refractivity contribution in [2.45, 2.75) is 58.7 Å². The molecule has 1 atom stereocenters. The zero-order valence-electron chi connectivity index (χ0n) is 23.5. The molecule has 1 fully saturated rings. The van der Waals surface area contributed by atoms with E-state index in [2.05, 4.69) is 44.6 Å². The van der Waals surface area contributed by atoms with E-state index in [1.165, 1.54) is 0 Å². The van der Waals surface area contributed by atoms with E-state index in [0.717, 1.165) is 66.4 Å². The van der Waals surface area contributed by atoms with E-state index < -0.39 is 5.60 Å². The summed E-state index contributed by atoms with van der Waals surface area (Å²) in [5.74, 6) is 0.506. The van der Waals surface area contributed by atoms with Crippen molar-refractivity contribution in [3.8, 4) is 22.5 Å². The number of benzene rings is 1. The van der Waals surface area contributed by atoms with Gasteiger partial charge < -0.3 is 20.3 Å². The summed E-state index contributed by atoms with van der Waals surface area (Å²) in [6, 6.07) is 14.0. The number of aromatic nitrogens is 5. The number of aryl methyl sites for hydroxylation is 1. The summed E-state index contributed by atoms with van der Waals surface area (Å²) >= 11 is 0.